The van der Waals surface area contributed by atoms with Crippen molar-refractivity contribution in [2.75, 3.05) is 46.4 Å². The summed E-state index contributed by atoms with van der Waals surface area (Å²) in [5, 5.41) is 11.1. The van der Waals surface area contributed by atoms with Gasteiger partial charge >= 0.3 is 12.1 Å². The minimum Gasteiger partial charge on any atom is -0.467 e. The molecule has 1 saturated carbocycles. The van der Waals surface area contributed by atoms with Crippen molar-refractivity contribution in [3.63, 3.8) is 0 Å². The average Bonchev–Trinajstić information content (AvgIpc) is 3.64. The summed E-state index contributed by atoms with van der Waals surface area (Å²) in [6.45, 7) is 2.58. The van der Waals surface area contributed by atoms with Gasteiger partial charge in [0.05, 0.1) is 23.3 Å². The zero-order valence-corrected chi connectivity index (χ0v) is 21.3. The highest BCUT2D eigenvalue weighted by Crippen LogP contribution is 2.53. The quantitative estimate of drug-likeness (QED) is 0.567. The third-order valence-electron chi connectivity index (χ3n) is 7.41. The molecule has 1 aliphatic carbocycles. The first kappa shape index (κ1) is 26.0. The average molecular weight is 528 g/mol. The van der Waals surface area contributed by atoms with Crippen LogP contribution in [0.15, 0.2) is 18.2 Å². The van der Waals surface area contributed by atoms with Crippen LogP contribution in [-0.4, -0.2) is 96.3 Å². The summed E-state index contributed by atoms with van der Waals surface area (Å²) in [5.74, 6) is -0.455. The monoisotopic (exact) mass is 527 g/mol. The molecule has 9 nitrogen and oxygen atoms in total. The van der Waals surface area contributed by atoms with Crippen molar-refractivity contribution in [1.82, 2.24) is 14.7 Å². The minimum absolute atomic E-state index is 0.0644. The fourth-order valence-electron chi connectivity index (χ4n) is 4.92. The summed E-state index contributed by atoms with van der Waals surface area (Å²) < 4.78 is 10.4. The van der Waals surface area contributed by atoms with E-state index in [-0.39, 0.29) is 54.3 Å². The molecule has 1 spiro atoms. The fourth-order valence-corrected chi connectivity index (χ4v) is 5.21. The van der Waals surface area contributed by atoms with Crippen LogP contribution in [0.3, 0.4) is 0 Å². The van der Waals surface area contributed by atoms with Crippen LogP contribution < -0.4 is 4.74 Å². The van der Waals surface area contributed by atoms with E-state index in [2.05, 4.69) is 4.90 Å². The van der Waals surface area contributed by atoms with Gasteiger partial charge in [0, 0.05) is 45.2 Å². The van der Waals surface area contributed by atoms with E-state index < -0.39 is 18.1 Å². The normalized spacial score (nSPS) is 23.1. The Morgan fingerprint density at radius 1 is 1.14 bits per heavy atom. The molecule has 3 fully saturated rings. The van der Waals surface area contributed by atoms with Crippen LogP contribution in [0.4, 0.5) is 4.79 Å². The largest absolute Gasteiger partial charge is 0.467 e. The summed E-state index contributed by atoms with van der Waals surface area (Å²) in [7, 11) is 1.31. The number of halogens is 2. The number of aliphatic hydroxyl groups excluding tert-OH is 1. The number of amides is 2. The summed E-state index contributed by atoms with van der Waals surface area (Å²) in [5.41, 5.74) is 0.106. The minimum atomic E-state index is -0.757. The number of nitrogens with zero attached hydrogens (tertiary/aromatic N) is 3. The summed E-state index contributed by atoms with van der Waals surface area (Å²) >= 11 is 11.9. The first-order chi connectivity index (χ1) is 16.7. The van der Waals surface area contributed by atoms with E-state index in [4.69, 9.17) is 32.7 Å². The second-order valence-corrected chi connectivity index (χ2v) is 10.3. The first-order valence-electron chi connectivity index (χ1n) is 11.9. The Bertz CT molecular complexity index is 973. The number of likely N-dealkylation sites (tertiary alicyclic amines) is 1. The Kier molecular flexibility index (Phi) is 8.10. The molecule has 1 aromatic rings. The molecule has 11 heteroatoms. The van der Waals surface area contributed by atoms with Crippen LogP contribution in [0.5, 0.6) is 5.75 Å². The van der Waals surface area contributed by atoms with E-state index in [0.29, 0.717) is 24.5 Å². The molecule has 35 heavy (non-hydrogen) atoms. The molecule has 1 N–H and O–H groups in total. The predicted molar refractivity (Wildman–Crippen MR) is 130 cm³/mol. The SMILES string of the molecule is COC(=O)C(CCN1CCC2(CC2)[C@H](O)C1)N1CCN(C(=O)Oc2ccc(Cl)c(Cl)c2)CCC1=O. The topological polar surface area (TPSA) is 99.6 Å². The van der Waals surface area contributed by atoms with Crippen molar-refractivity contribution in [3.8, 4) is 5.75 Å². The molecular formula is C24H31Cl2N3O6. The van der Waals surface area contributed by atoms with E-state index >= 15 is 0 Å². The lowest BCUT2D eigenvalue weighted by molar-refractivity contribution is -0.153. The zero-order valence-electron chi connectivity index (χ0n) is 19.8. The fraction of sp³-hybridized carbons (Fsp3) is 0.625. The molecule has 192 valence electrons. The van der Waals surface area contributed by atoms with E-state index in [1.807, 2.05) is 0 Å². The van der Waals surface area contributed by atoms with Gasteiger partial charge in [0.1, 0.15) is 11.8 Å². The van der Waals surface area contributed by atoms with E-state index in [1.165, 1.54) is 35.1 Å². The smallest absolute Gasteiger partial charge is 0.415 e. The summed E-state index contributed by atoms with van der Waals surface area (Å²) in [6.07, 6.45) is 2.63. The standard InChI is InChI=1S/C24H31Cl2N3O6/c1-34-22(32)19(4-9-27-11-8-24(6-7-24)20(30)15-27)29-13-12-28(10-5-21(29)31)23(33)35-16-2-3-17(25)18(26)14-16/h2-3,14,19-20,30H,4-13,15H2,1H3/t19?,20-/m1/s1. The van der Waals surface area contributed by atoms with Gasteiger partial charge in [-0.1, -0.05) is 23.2 Å². The van der Waals surface area contributed by atoms with Crippen LogP contribution in [-0.2, 0) is 14.3 Å². The van der Waals surface area contributed by atoms with Crippen molar-refractivity contribution < 1.29 is 29.0 Å². The number of esters is 1. The predicted octanol–water partition coefficient (Wildman–Crippen LogP) is 2.81. The van der Waals surface area contributed by atoms with E-state index in [1.54, 1.807) is 0 Å². The van der Waals surface area contributed by atoms with Gasteiger partial charge in [0.25, 0.3) is 0 Å². The van der Waals surface area contributed by atoms with Gasteiger partial charge in [-0.3, -0.25) is 4.79 Å². The van der Waals surface area contributed by atoms with E-state index in [0.717, 1.165) is 25.8 Å². The van der Waals surface area contributed by atoms with Crippen LogP contribution in [0.25, 0.3) is 0 Å². The molecule has 4 rings (SSSR count). The number of ether oxygens (including phenoxy) is 2. The third kappa shape index (κ3) is 6.02. The van der Waals surface area contributed by atoms with Crippen LogP contribution in [0.2, 0.25) is 10.0 Å². The van der Waals surface area contributed by atoms with Gasteiger partial charge in [-0.05, 0) is 49.8 Å². The van der Waals surface area contributed by atoms with Gasteiger partial charge < -0.3 is 29.3 Å². The summed E-state index contributed by atoms with van der Waals surface area (Å²) in [4.78, 5) is 43.3. The number of hydrogen-bond donors (Lipinski definition) is 1. The van der Waals surface area contributed by atoms with Crippen molar-refractivity contribution in [3.05, 3.63) is 28.2 Å². The van der Waals surface area contributed by atoms with Crippen LogP contribution in [0.1, 0.15) is 32.1 Å². The van der Waals surface area contributed by atoms with Crippen LogP contribution >= 0.6 is 23.2 Å². The third-order valence-corrected chi connectivity index (χ3v) is 8.14. The lowest BCUT2D eigenvalue weighted by Crippen LogP contribution is -2.50. The second kappa shape index (κ2) is 10.9. The molecule has 1 aromatic carbocycles. The molecule has 3 aliphatic rings. The highest BCUT2D eigenvalue weighted by Gasteiger charge is 2.51. The lowest BCUT2D eigenvalue weighted by Gasteiger charge is -2.37. The van der Waals surface area contributed by atoms with Crippen molar-refractivity contribution in [2.45, 2.75) is 44.2 Å². The number of piperidine rings is 1. The number of β-amino-alcohol motifs (C(OH)–C–C–N with tert-alkyl or cyclic N) is 1. The molecule has 0 bridgehead atoms. The molecule has 0 aromatic heterocycles. The highest BCUT2D eigenvalue weighted by atomic mass is 35.5. The Labute approximate surface area is 214 Å². The number of aliphatic hydroxyl groups is 1. The number of rotatable bonds is 6. The maximum absolute atomic E-state index is 12.9. The van der Waals surface area contributed by atoms with Crippen molar-refractivity contribution in [1.29, 1.82) is 0 Å². The lowest BCUT2D eigenvalue weighted by atomic mass is 9.90. The molecule has 2 heterocycles. The molecule has 2 amide bonds. The highest BCUT2D eigenvalue weighted by molar-refractivity contribution is 6.42. The van der Waals surface area contributed by atoms with Gasteiger partial charge in [-0.15, -0.1) is 0 Å². The molecule has 2 aliphatic heterocycles. The van der Waals surface area contributed by atoms with Gasteiger partial charge in [-0.2, -0.15) is 0 Å². The Hall–Kier alpha value is -2.07. The zero-order chi connectivity index (χ0) is 25.2. The Morgan fingerprint density at radius 2 is 1.91 bits per heavy atom. The molecular weight excluding hydrogens is 497 g/mol. The number of benzene rings is 1. The van der Waals surface area contributed by atoms with Gasteiger partial charge in [0.2, 0.25) is 5.91 Å². The number of hydrogen-bond acceptors (Lipinski definition) is 7. The Morgan fingerprint density at radius 3 is 2.57 bits per heavy atom. The number of carbonyl (C=O) groups excluding carboxylic acids is 3. The summed E-state index contributed by atoms with van der Waals surface area (Å²) in [6, 6.07) is 3.77. The van der Waals surface area contributed by atoms with Crippen molar-refractivity contribution >= 4 is 41.2 Å². The molecule has 2 atom stereocenters. The molecule has 0 radical (unpaired) electrons. The van der Waals surface area contributed by atoms with Crippen LogP contribution in [0, 0.1) is 5.41 Å². The number of carbonyl (C=O) groups is 3. The van der Waals surface area contributed by atoms with Crippen molar-refractivity contribution in [2.24, 2.45) is 5.41 Å². The maximum atomic E-state index is 12.9. The first-order valence-corrected chi connectivity index (χ1v) is 12.7. The Balaban J connectivity index is 1.35. The number of methoxy groups -OCH3 is 1. The van der Waals surface area contributed by atoms with E-state index in [9.17, 15) is 19.5 Å². The molecule has 2 saturated heterocycles. The second-order valence-electron chi connectivity index (χ2n) is 9.52. The van der Waals surface area contributed by atoms with Gasteiger partial charge in [0.15, 0.2) is 0 Å². The molecule has 1 unspecified atom stereocenters. The van der Waals surface area contributed by atoms with Gasteiger partial charge in [-0.25, -0.2) is 9.59 Å². The maximum Gasteiger partial charge on any atom is 0.415 e.